The zero-order valence-corrected chi connectivity index (χ0v) is 16.2. The molecule has 148 valence electrons. The lowest BCUT2D eigenvalue weighted by atomic mass is 10.2. The predicted octanol–water partition coefficient (Wildman–Crippen LogP) is 2.85. The lowest BCUT2D eigenvalue weighted by Gasteiger charge is -2.10. The van der Waals surface area contributed by atoms with Gasteiger partial charge in [-0.05, 0) is 37.3 Å². The molecule has 0 heterocycles. The number of carbonyl (C=O) groups excluding carboxylic acids is 2. The minimum atomic E-state index is -0.426. The topological polar surface area (TPSA) is 98.2 Å². The van der Waals surface area contributed by atoms with Crippen molar-refractivity contribution in [2.75, 3.05) is 26.6 Å². The maximum Gasteiger partial charge on any atom is 0.271 e. The molecule has 0 fully saturated rings. The Morgan fingerprint density at radius 3 is 2.29 bits per heavy atom. The molecule has 28 heavy (non-hydrogen) atoms. The van der Waals surface area contributed by atoms with Gasteiger partial charge in [0.1, 0.15) is 5.75 Å². The van der Waals surface area contributed by atoms with Gasteiger partial charge in [0.2, 0.25) is 5.91 Å². The summed E-state index contributed by atoms with van der Waals surface area (Å²) in [5.74, 6) is 0.822. The van der Waals surface area contributed by atoms with E-state index in [1.54, 1.807) is 43.3 Å². The minimum Gasteiger partial charge on any atom is -0.495 e. The van der Waals surface area contributed by atoms with Crippen molar-refractivity contribution >= 4 is 23.2 Å². The summed E-state index contributed by atoms with van der Waals surface area (Å²) in [5.41, 5.74) is 3.79. The Morgan fingerprint density at radius 2 is 1.61 bits per heavy atom. The highest BCUT2D eigenvalue weighted by Crippen LogP contribution is 2.27. The summed E-state index contributed by atoms with van der Waals surface area (Å²) in [6, 6.07) is 11.9. The van der Waals surface area contributed by atoms with Crippen molar-refractivity contribution in [2.45, 2.75) is 13.3 Å². The van der Waals surface area contributed by atoms with Crippen LogP contribution in [0.15, 0.2) is 47.6 Å². The highest BCUT2D eigenvalue weighted by atomic mass is 16.5. The fourth-order valence-corrected chi connectivity index (χ4v) is 2.40. The van der Waals surface area contributed by atoms with Crippen molar-refractivity contribution in [3.63, 3.8) is 0 Å². The minimum absolute atomic E-state index is 0.0181. The molecule has 0 saturated carbocycles. The van der Waals surface area contributed by atoms with Gasteiger partial charge in [-0.25, -0.2) is 5.43 Å². The lowest BCUT2D eigenvalue weighted by molar-refractivity contribution is -0.115. The number of ether oxygens (including phenoxy) is 3. The number of anilines is 1. The van der Waals surface area contributed by atoms with E-state index in [9.17, 15) is 9.59 Å². The third kappa shape index (κ3) is 5.47. The fourth-order valence-electron chi connectivity index (χ4n) is 2.40. The molecule has 2 aromatic rings. The molecule has 0 spiro atoms. The molecule has 8 heteroatoms. The number of nitrogens with zero attached hydrogens (tertiary/aromatic N) is 1. The van der Waals surface area contributed by atoms with Crippen molar-refractivity contribution in [2.24, 2.45) is 5.10 Å². The SMILES string of the molecule is COc1ccccc1NC(=O)C/C(C)=N\NC(=O)c1ccc(OC)c(OC)c1. The molecule has 0 saturated heterocycles. The largest absolute Gasteiger partial charge is 0.495 e. The highest BCUT2D eigenvalue weighted by molar-refractivity contribution is 6.06. The Labute approximate surface area is 163 Å². The first kappa shape index (κ1) is 20.8. The van der Waals surface area contributed by atoms with Crippen molar-refractivity contribution in [3.8, 4) is 17.2 Å². The standard InChI is InChI=1S/C20H23N3O5/c1-13(11-19(24)21-15-7-5-6-8-16(15)26-2)22-23-20(25)14-9-10-17(27-3)18(12-14)28-4/h5-10,12H,11H2,1-4H3,(H,21,24)(H,23,25)/b22-13-. The van der Waals surface area contributed by atoms with Crippen LogP contribution in [0.5, 0.6) is 17.2 Å². The van der Waals surface area contributed by atoms with Gasteiger partial charge in [-0.2, -0.15) is 5.10 Å². The van der Waals surface area contributed by atoms with E-state index in [0.29, 0.717) is 34.2 Å². The van der Waals surface area contributed by atoms with Crippen molar-refractivity contribution < 1.29 is 23.8 Å². The molecule has 0 aliphatic heterocycles. The average Bonchev–Trinajstić information content (AvgIpc) is 2.71. The molecule has 2 aromatic carbocycles. The number of hydrazone groups is 1. The summed E-state index contributed by atoms with van der Waals surface area (Å²) in [4.78, 5) is 24.4. The maximum atomic E-state index is 12.2. The van der Waals surface area contributed by atoms with Crippen LogP contribution in [0.2, 0.25) is 0 Å². The van der Waals surface area contributed by atoms with Crippen molar-refractivity contribution in [3.05, 3.63) is 48.0 Å². The molecular weight excluding hydrogens is 362 g/mol. The number of hydrogen-bond acceptors (Lipinski definition) is 6. The predicted molar refractivity (Wildman–Crippen MR) is 106 cm³/mol. The zero-order chi connectivity index (χ0) is 20.5. The molecule has 0 aliphatic carbocycles. The van der Waals surface area contributed by atoms with E-state index >= 15 is 0 Å². The van der Waals surface area contributed by atoms with Crippen LogP contribution in [0.3, 0.4) is 0 Å². The second-order valence-corrected chi connectivity index (χ2v) is 5.78. The summed E-state index contributed by atoms with van der Waals surface area (Å²) in [5, 5.41) is 6.73. The molecule has 0 atom stereocenters. The number of hydrogen-bond donors (Lipinski definition) is 2. The number of carbonyl (C=O) groups is 2. The van der Waals surface area contributed by atoms with Gasteiger partial charge in [-0.1, -0.05) is 12.1 Å². The number of methoxy groups -OCH3 is 3. The lowest BCUT2D eigenvalue weighted by Crippen LogP contribution is -2.21. The van der Waals surface area contributed by atoms with Gasteiger partial charge in [0, 0.05) is 11.3 Å². The molecule has 0 radical (unpaired) electrons. The first-order valence-electron chi connectivity index (χ1n) is 8.47. The van der Waals surface area contributed by atoms with Gasteiger partial charge < -0.3 is 19.5 Å². The second kappa shape index (κ2) is 9.96. The van der Waals surface area contributed by atoms with E-state index in [1.807, 2.05) is 6.07 Å². The van der Waals surface area contributed by atoms with Crippen LogP contribution in [0.4, 0.5) is 5.69 Å². The van der Waals surface area contributed by atoms with Crippen molar-refractivity contribution in [1.29, 1.82) is 0 Å². The first-order valence-corrected chi connectivity index (χ1v) is 8.47. The van der Waals surface area contributed by atoms with Gasteiger partial charge in [0.15, 0.2) is 11.5 Å². The number of amides is 2. The Hall–Kier alpha value is -3.55. The van der Waals surface area contributed by atoms with Gasteiger partial charge in [-0.15, -0.1) is 0 Å². The smallest absolute Gasteiger partial charge is 0.271 e. The third-order valence-electron chi connectivity index (χ3n) is 3.79. The summed E-state index contributed by atoms with van der Waals surface area (Å²) >= 11 is 0. The van der Waals surface area contributed by atoms with Crippen LogP contribution in [-0.2, 0) is 4.79 Å². The summed E-state index contributed by atoms with van der Waals surface area (Å²) < 4.78 is 15.5. The van der Waals surface area contributed by atoms with Gasteiger partial charge in [0.05, 0.1) is 33.4 Å². The highest BCUT2D eigenvalue weighted by Gasteiger charge is 2.11. The van der Waals surface area contributed by atoms with E-state index < -0.39 is 5.91 Å². The molecule has 2 N–H and O–H groups in total. The number of para-hydroxylation sites is 2. The quantitative estimate of drug-likeness (QED) is 0.538. The van der Waals surface area contributed by atoms with E-state index in [4.69, 9.17) is 14.2 Å². The second-order valence-electron chi connectivity index (χ2n) is 5.78. The van der Waals surface area contributed by atoms with Crippen molar-refractivity contribution in [1.82, 2.24) is 5.43 Å². The van der Waals surface area contributed by atoms with Crippen LogP contribution < -0.4 is 25.0 Å². The van der Waals surface area contributed by atoms with Gasteiger partial charge in [-0.3, -0.25) is 9.59 Å². The normalized spacial score (nSPS) is 10.8. The van der Waals surface area contributed by atoms with E-state index in [1.165, 1.54) is 21.3 Å². The number of nitrogens with one attached hydrogen (secondary N) is 2. The van der Waals surface area contributed by atoms with Crippen LogP contribution in [-0.4, -0.2) is 38.9 Å². The average molecular weight is 385 g/mol. The monoisotopic (exact) mass is 385 g/mol. The van der Waals surface area contributed by atoms with E-state index in [-0.39, 0.29) is 12.3 Å². The number of benzene rings is 2. The molecule has 0 bridgehead atoms. The Bertz CT molecular complexity index is 880. The molecule has 2 amide bonds. The van der Waals surface area contributed by atoms with Gasteiger partial charge >= 0.3 is 0 Å². The Kier molecular flexibility index (Phi) is 7.38. The molecule has 0 unspecified atom stereocenters. The molecule has 8 nitrogen and oxygen atoms in total. The van der Waals surface area contributed by atoms with Crippen LogP contribution >= 0.6 is 0 Å². The maximum absolute atomic E-state index is 12.2. The summed E-state index contributed by atoms with van der Waals surface area (Å²) in [7, 11) is 4.53. The Morgan fingerprint density at radius 1 is 0.929 bits per heavy atom. The number of rotatable bonds is 8. The van der Waals surface area contributed by atoms with Crippen LogP contribution in [0.1, 0.15) is 23.7 Å². The Balaban J connectivity index is 1.96. The summed E-state index contributed by atoms with van der Waals surface area (Å²) in [6.45, 7) is 1.65. The molecule has 2 rings (SSSR count). The first-order chi connectivity index (χ1) is 13.5. The van der Waals surface area contributed by atoms with E-state index in [0.717, 1.165) is 0 Å². The van der Waals surface area contributed by atoms with Crippen LogP contribution in [0.25, 0.3) is 0 Å². The van der Waals surface area contributed by atoms with E-state index in [2.05, 4.69) is 15.8 Å². The molecular formula is C20H23N3O5. The zero-order valence-electron chi connectivity index (χ0n) is 16.2. The molecule has 0 aromatic heterocycles. The van der Waals surface area contributed by atoms with Crippen LogP contribution in [0, 0.1) is 0 Å². The van der Waals surface area contributed by atoms with Gasteiger partial charge in [0.25, 0.3) is 5.91 Å². The molecule has 0 aliphatic rings. The third-order valence-corrected chi connectivity index (χ3v) is 3.79. The fraction of sp³-hybridized carbons (Fsp3) is 0.250. The summed E-state index contributed by atoms with van der Waals surface area (Å²) in [6.07, 6.45) is 0.0181.